The molecule has 0 bridgehead atoms. The summed E-state index contributed by atoms with van der Waals surface area (Å²) in [5.41, 5.74) is 0.892. The Kier molecular flexibility index (Phi) is 4.50. The van der Waals surface area contributed by atoms with Gasteiger partial charge in [-0.15, -0.1) is 0 Å². The normalized spacial score (nSPS) is 10.3. The van der Waals surface area contributed by atoms with Crippen molar-refractivity contribution in [3.05, 3.63) is 62.0 Å². The fourth-order valence-corrected chi connectivity index (χ4v) is 2.52. The van der Waals surface area contributed by atoms with Crippen LogP contribution in [-0.4, -0.2) is 12.9 Å². The van der Waals surface area contributed by atoms with Crippen LogP contribution in [0, 0.1) is 0 Å². The number of halogens is 3. The minimum Gasteiger partial charge on any atom is -0.495 e. The number of carbonyl (C=O) groups is 1. The molecule has 0 aliphatic heterocycles. The van der Waals surface area contributed by atoms with Crippen LogP contribution in [0.15, 0.2) is 40.9 Å². The molecule has 0 radical (unpaired) electrons. The van der Waals surface area contributed by atoms with E-state index in [0.717, 1.165) is 4.47 Å². The molecule has 0 fully saturated rings. The van der Waals surface area contributed by atoms with Crippen molar-refractivity contribution in [3.8, 4) is 5.75 Å². The van der Waals surface area contributed by atoms with Gasteiger partial charge >= 0.3 is 0 Å². The Morgan fingerprint density at radius 1 is 1.16 bits per heavy atom. The van der Waals surface area contributed by atoms with Crippen molar-refractivity contribution in [2.24, 2.45) is 0 Å². The summed E-state index contributed by atoms with van der Waals surface area (Å²) in [4.78, 5) is 12.4. The Labute approximate surface area is 129 Å². The molecule has 0 heterocycles. The maximum absolute atomic E-state index is 12.4. The molecule has 98 valence electrons. The predicted molar refractivity (Wildman–Crippen MR) is 80.6 cm³/mol. The van der Waals surface area contributed by atoms with Gasteiger partial charge in [0.15, 0.2) is 5.78 Å². The van der Waals surface area contributed by atoms with Gasteiger partial charge in [0.2, 0.25) is 0 Å². The first-order valence-corrected chi connectivity index (χ1v) is 6.91. The number of carbonyl (C=O) groups excluding carboxylic acids is 1. The molecule has 0 atom stereocenters. The lowest BCUT2D eigenvalue weighted by atomic mass is 10.0. The lowest BCUT2D eigenvalue weighted by molar-refractivity contribution is 0.103. The molecule has 0 amide bonds. The topological polar surface area (TPSA) is 26.3 Å². The summed E-state index contributed by atoms with van der Waals surface area (Å²) in [6.45, 7) is 0. The fraction of sp³-hybridized carbons (Fsp3) is 0.0714. The zero-order valence-electron chi connectivity index (χ0n) is 9.91. The molecule has 0 aromatic heterocycles. The van der Waals surface area contributed by atoms with Crippen molar-refractivity contribution in [1.82, 2.24) is 0 Å². The van der Waals surface area contributed by atoms with Gasteiger partial charge in [-0.2, -0.15) is 0 Å². The molecular weight excluding hydrogens is 351 g/mol. The van der Waals surface area contributed by atoms with Crippen LogP contribution >= 0.6 is 39.1 Å². The minimum absolute atomic E-state index is 0.184. The van der Waals surface area contributed by atoms with E-state index in [4.69, 9.17) is 27.9 Å². The van der Waals surface area contributed by atoms with Crippen molar-refractivity contribution in [3.63, 3.8) is 0 Å². The first-order valence-electron chi connectivity index (χ1n) is 5.36. The van der Waals surface area contributed by atoms with Crippen LogP contribution in [0.25, 0.3) is 0 Å². The zero-order valence-corrected chi connectivity index (χ0v) is 13.0. The third kappa shape index (κ3) is 3.11. The number of ether oxygens (including phenoxy) is 1. The average Bonchev–Trinajstić information content (AvgIpc) is 2.40. The molecule has 2 aromatic carbocycles. The Hall–Kier alpha value is -1.03. The summed E-state index contributed by atoms with van der Waals surface area (Å²) in [6.07, 6.45) is 0. The SMILES string of the molecule is COc1cc(Cl)c(C(=O)c2cccc(Br)c2)cc1Cl. The molecule has 2 nitrogen and oxygen atoms in total. The molecule has 0 saturated carbocycles. The van der Waals surface area contributed by atoms with Gasteiger partial charge in [-0.25, -0.2) is 0 Å². The van der Waals surface area contributed by atoms with E-state index < -0.39 is 0 Å². The van der Waals surface area contributed by atoms with E-state index in [9.17, 15) is 4.79 Å². The molecule has 0 N–H and O–H groups in total. The third-order valence-electron chi connectivity index (χ3n) is 2.57. The van der Waals surface area contributed by atoms with Crippen LogP contribution in [0.5, 0.6) is 5.75 Å². The Balaban J connectivity index is 2.47. The van der Waals surface area contributed by atoms with E-state index in [0.29, 0.717) is 26.9 Å². The molecule has 5 heteroatoms. The second-order valence-corrected chi connectivity index (χ2v) is 5.54. The van der Waals surface area contributed by atoms with Gasteiger partial charge in [0, 0.05) is 21.7 Å². The highest BCUT2D eigenvalue weighted by molar-refractivity contribution is 9.10. The van der Waals surface area contributed by atoms with Crippen LogP contribution in [0.1, 0.15) is 15.9 Å². The van der Waals surface area contributed by atoms with E-state index in [1.807, 2.05) is 6.07 Å². The summed E-state index contributed by atoms with van der Waals surface area (Å²) in [7, 11) is 1.49. The standard InChI is InChI=1S/C14H9BrCl2O2/c1-19-13-7-11(16)10(6-12(13)17)14(18)8-3-2-4-9(15)5-8/h2-7H,1H3. The predicted octanol–water partition coefficient (Wildman–Crippen LogP) is 5.00. The molecule has 0 aliphatic rings. The first-order chi connectivity index (χ1) is 9.02. The van der Waals surface area contributed by atoms with Crippen LogP contribution in [0.3, 0.4) is 0 Å². The molecule has 2 rings (SSSR count). The second kappa shape index (κ2) is 5.95. The fourth-order valence-electron chi connectivity index (χ4n) is 1.64. The third-order valence-corrected chi connectivity index (χ3v) is 3.67. The van der Waals surface area contributed by atoms with Gasteiger partial charge < -0.3 is 4.74 Å². The minimum atomic E-state index is -0.184. The quantitative estimate of drug-likeness (QED) is 0.721. The summed E-state index contributed by atoms with van der Waals surface area (Å²) < 4.78 is 5.88. The van der Waals surface area contributed by atoms with Crippen LogP contribution in [-0.2, 0) is 0 Å². The summed E-state index contributed by atoms with van der Waals surface area (Å²) >= 11 is 15.4. The van der Waals surface area contributed by atoms with Gasteiger partial charge in [-0.3, -0.25) is 4.79 Å². The number of benzene rings is 2. The van der Waals surface area contributed by atoms with Gasteiger partial charge in [0.25, 0.3) is 0 Å². The van der Waals surface area contributed by atoms with Gasteiger partial charge in [0.05, 0.1) is 17.2 Å². The smallest absolute Gasteiger partial charge is 0.194 e. The average molecular weight is 360 g/mol. The molecular formula is C14H9BrCl2O2. The summed E-state index contributed by atoms with van der Waals surface area (Å²) in [6, 6.07) is 10.1. The van der Waals surface area contributed by atoms with Crippen LogP contribution < -0.4 is 4.74 Å². The largest absolute Gasteiger partial charge is 0.495 e. The molecule has 0 unspecified atom stereocenters. The highest BCUT2D eigenvalue weighted by Gasteiger charge is 2.16. The van der Waals surface area contributed by atoms with Crippen molar-refractivity contribution in [2.45, 2.75) is 0 Å². The van der Waals surface area contributed by atoms with Crippen molar-refractivity contribution in [2.75, 3.05) is 7.11 Å². The second-order valence-electron chi connectivity index (χ2n) is 3.81. The van der Waals surface area contributed by atoms with E-state index >= 15 is 0 Å². The van der Waals surface area contributed by atoms with E-state index in [1.54, 1.807) is 18.2 Å². The maximum atomic E-state index is 12.4. The van der Waals surface area contributed by atoms with Crippen molar-refractivity contribution in [1.29, 1.82) is 0 Å². The number of rotatable bonds is 3. The zero-order chi connectivity index (χ0) is 14.0. The molecule has 19 heavy (non-hydrogen) atoms. The number of methoxy groups -OCH3 is 1. The van der Waals surface area contributed by atoms with E-state index in [1.165, 1.54) is 19.2 Å². The van der Waals surface area contributed by atoms with Gasteiger partial charge in [0.1, 0.15) is 5.75 Å². The highest BCUT2D eigenvalue weighted by Crippen LogP contribution is 2.32. The first kappa shape index (κ1) is 14.4. The molecule has 2 aromatic rings. The maximum Gasteiger partial charge on any atom is 0.194 e. The number of ketones is 1. The highest BCUT2D eigenvalue weighted by atomic mass is 79.9. The number of hydrogen-bond acceptors (Lipinski definition) is 2. The molecule has 0 saturated heterocycles. The number of hydrogen-bond donors (Lipinski definition) is 0. The van der Waals surface area contributed by atoms with Crippen molar-refractivity contribution < 1.29 is 9.53 Å². The van der Waals surface area contributed by atoms with Gasteiger partial charge in [-0.05, 0) is 18.2 Å². The lowest BCUT2D eigenvalue weighted by Gasteiger charge is -2.08. The Morgan fingerprint density at radius 3 is 2.53 bits per heavy atom. The molecule has 0 aliphatic carbocycles. The Morgan fingerprint density at radius 2 is 1.89 bits per heavy atom. The summed E-state index contributed by atoms with van der Waals surface area (Å²) in [5.74, 6) is 0.258. The molecule has 0 spiro atoms. The summed E-state index contributed by atoms with van der Waals surface area (Å²) in [5, 5.41) is 0.663. The van der Waals surface area contributed by atoms with Crippen LogP contribution in [0.2, 0.25) is 10.0 Å². The lowest BCUT2D eigenvalue weighted by Crippen LogP contribution is -2.02. The van der Waals surface area contributed by atoms with Crippen molar-refractivity contribution >= 4 is 44.9 Å². The van der Waals surface area contributed by atoms with E-state index in [2.05, 4.69) is 15.9 Å². The monoisotopic (exact) mass is 358 g/mol. The van der Waals surface area contributed by atoms with Crippen LogP contribution in [0.4, 0.5) is 0 Å². The van der Waals surface area contributed by atoms with Gasteiger partial charge in [-0.1, -0.05) is 51.3 Å². The Bertz CT molecular complexity index is 641. The van der Waals surface area contributed by atoms with E-state index in [-0.39, 0.29) is 5.78 Å².